The lowest BCUT2D eigenvalue weighted by atomic mass is 10.1. The fourth-order valence-electron chi connectivity index (χ4n) is 2.36. The van der Waals surface area contributed by atoms with Gasteiger partial charge in [0.2, 0.25) is 5.91 Å². The first-order valence-electron chi connectivity index (χ1n) is 7.02. The van der Waals surface area contributed by atoms with E-state index in [1.807, 2.05) is 0 Å². The minimum absolute atomic E-state index is 0.00486. The van der Waals surface area contributed by atoms with Crippen LogP contribution in [0.1, 0.15) is 5.56 Å². The summed E-state index contributed by atoms with van der Waals surface area (Å²) in [6.45, 7) is 0. The average molecular weight is 364 g/mol. The lowest BCUT2D eigenvalue weighted by Crippen LogP contribution is -2.13. The number of aromatic nitrogens is 2. The molecule has 0 spiro atoms. The fourth-order valence-corrected chi connectivity index (χ4v) is 2.66. The molecule has 122 valence electrons. The van der Waals surface area contributed by atoms with E-state index in [0.29, 0.717) is 32.6 Å². The van der Waals surface area contributed by atoms with Crippen LogP contribution in [0.5, 0.6) is 0 Å². The van der Waals surface area contributed by atoms with Gasteiger partial charge in [0.15, 0.2) is 0 Å². The molecule has 1 aromatic heterocycles. The molecule has 0 aliphatic rings. The summed E-state index contributed by atoms with van der Waals surface area (Å²) in [7, 11) is 0. The Labute approximate surface area is 147 Å². The van der Waals surface area contributed by atoms with E-state index < -0.39 is 5.91 Å². The lowest BCUT2D eigenvalue weighted by Gasteiger charge is -2.03. The standard InChI is InChI=1S/C17H12Cl2FN3O/c18-14-5-4-10(6-15(14)19)17-11(7-16(21)24)9-23(22-17)13-3-1-2-12(20)8-13/h1-6,8-9H,7H2,(H2,21,24). The molecule has 3 aromatic rings. The van der Waals surface area contributed by atoms with E-state index in [0.717, 1.165) is 0 Å². The third-order valence-electron chi connectivity index (χ3n) is 3.42. The first kappa shape index (κ1) is 16.5. The highest BCUT2D eigenvalue weighted by Gasteiger charge is 2.15. The number of halogens is 3. The van der Waals surface area contributed by atoms with Gasteiger partial charge in [0.25, 0.3) is 0 Å². The quantitative estimate of drug-likeness (QED) is 0.760. The monoisotopic (exact) mass is 363 g/mol. The third-order valence-corrected chi connectivity index (χ3v) is 4.16. The van der Waals surface area contributed by atoms with Gasteiger partial charge in [-0.2, -0.15) is 5.10 Å². The second-order valence-corrected chi connectivity index (χ2v) is 6.01. The van der Waals surface area contributed by atoms with Gasteiger partial charge >= 0.3 is 0 Å². The van der Waals surface area contributed by atoms with Gasteiger partial charge in [0.05, 0.1) is 27.8 Å². The second-order valence-electron chi connectivity index (χ2n) is 5.20. The van der Waals surface area contributed by atoms with Gasteiger partial charge in [-0.05, 0) is 30.3 Å². The Morgan fingerprint density at radius 2 is 1.96 bits per heavy atom. The molecule has 4 nitrogen and oxygen atoms in total. The molecule has 0 unspecified atom stereocenters. The SMILES string of the molecule is NC(=O)Cc1cn(-c2cccc(F)c2)nc1-c1ccc(Cl)c(Cl)c1. The number of nitrogens with two attached hydrogens (primary N) is 1. The zero-order valence-electron chi connectivity index (χ0n) is 12.3. The molecule has 1 amide bonds. The number of hydrogen-bond acceptors (Lipinski definition) is 2. The van der Waals surface area contributed by atoms with E-state index in [4.69, 9.17) is 28.9 Å². The predicted octanol–water partition coefficient (Wildman–Crippen LogP) is 4.01. The summed E-state index contributed by atoms with van der Waals surface area (Å²) in [4.78, 5) is 11.4. The van der Waals surface area contributed by atoms with Crippen molar-refractivity contribution in [2.75, 3.05) is 0 Å². The van der Waals surface area contributed by atoms with Gasteiger partial charge in [-0.1, -0.05) is 35.3 Å². The summed E-state index contributed by atoms with van der Waals surface area (Å²) in [5.41, 5.74) is 7.69. The number of nitrogens with zero attached hydrogens (tertiary/aromatic N) is 2. The number of hydrogen-bond donors (Lipinski definition) is 1. The summed E-state index contributed by atoms with van der Waals surface area (Å²) in [5, 5.41) is 5.25. The van der Waals surface area contributed by atoms with Crippen molar-refractivity contribution in [3.63, 3.8) is 0 Å². The number of carbonyl (C=O) groups is 1. The molecule has 0 saturated heterocycles. The number of amides is 1. The molecule has 1 heterocycles. The van der Waals surface area contributed by atoms with E-state index in [2.05, 4.69) is 5.10 Å². The number of rotatable bonds is 4. The van der Waals surface area contributed by atoms with Gasteiger partial charge in [0.1, 0.15) is 5.82 Å². The molecule has 0 aliphatic heterocycles. The highest BCUT2D eigenvalue weighted by molar-refractivity contribution is 6.42. The van der Waals surface area contributed by atoms with Gasteiger partial charge < -0.3 is 5.73 Å². The number of benzene rings is 2. The van der Waals surface area contributed by atoms with Crippen LogP contribution in [0, 0.1) is 5.82 Å². The van der Waals surface area contributed by atoms with E-state index in [1.165, 1.54) is 16.8 Å². The average Bonchev–Trinajstić information content (AvgIpc) is 2.93. The predicted molar refractivity (Wildman–Crippen MR) is 91.9 cm³/mol. The Hall–Kier alpha value is -2.37. The Morgan fingerprint density at radius 3 is 2.62 bits per heavy atom. The Balaban J connectivity index is 2.13. The van der Waals surface area contributed by atoms with Crippen molar-refractivity contribution in [3.8, 4) is 16.9 Å². The summed E-state index contributed by atoms with van der Waals surface area (Å²) in [6.07, 6.45) is 1.66. The molecule has 2 N–H and O–H groups in total. The third kappa shape index (κ3) is 3.42. The van der Waals surface area contributed by atoms with Gasteiger partial charge in [0, 0.05) is 17.3 Å². The zero-order chi connectivity index (χ0) is 17.3. The number of primary amides is 1. The molecule has 0 fully saturated rings. The summed E-state index contributed by atoms with van der Waals surface area (Å²) in [6, 6.07) is 11.0. The van der Waals surface area contributed by atoms with Gasteiger partial charge in [-0.25, -0.2) is 9.07 Å². The molecule has 7 heteroatoms. The molecule has 0 bridgehead atoms. The maximum absolute atomic E-state index is 13.4. The number of carbonyl (C=O) groups excluding carboxylic acids is 1. The van der Waals surface area contributed by atoms with Crippen LogP contribution in [0.25, 0.3) is 16.9 Å². The van der Waals surface area contributed by atoms with Crippen molar-refractivity contribution in [1.82, 2.24) is 9.78 Å². The maximum Gasteiger partial charge on any atom is 0.221 e. The highest BCUT2D eigenvalue weighted by Crippen LogP contribution is 2.30. The topological polar surface area (TPSA) is 60.9 Å². The molecular weight excluding hydrogens is 352 g/mol. The van der Waals surface area contributed by atoms with Crippen LogP contribution in [-0.2, 0) is 11.2 Å². The van der Waals surface area contributed by atoms with Crippen LogP contribution in [0.4, 0.5) is 4.39 Å². The molecule has 2 aromatic carbocycles. The largest absolute Gasteiger partial charge is 0.369 e. The van der Waals surface area contributed by atoms with Crippen LogP contribution in [0.2, 0.25) is 10.0 Å². The van der Waals surface area contributed by atoms with Gasteiger partial charge in [-0.3, -0.25) is 4.79 Å². The van der Waals surface area contributed by atoms with Crippen LogP contribution in [0.3, 0.4) is 0 Å². The minimum atomic E-state index is -0.491. The van der Waals surface area contributed by atoms with Crippen LogP contribution in [0.15, 0.2) is 48.7 Å². The Bertz CT molecular complexity index is 924. The Kier molecular flexibility index (Phi) is 4.55. The molecule has 0 saturated carbocycles. The molecule has 0 atom stereocenters. The normalized spacial score (nSPS) is 10.8. The van der Waals surface area contributed by atoms with E-state index in [9.17, 15) is 9.18 Å². The van der Waals surface area contributed by atoms with Crippen molar-refractivity contribution in [3.05, 3.63) is 70.1 Å². The zero-order valence-corrected chi connectivity index (χ0v) is 13.9. The molecular formula is C17H12Cl2FN3O. The first-order chi connectivity index (χ1) is 11.4. The van der Waals surface area contributed by atoms with E-state index >= 15 is 0 Å². The molecule has 0 radical (unpaired) electrons. The Morgan fingerprint density at radius 1 is 1.17 bits per heavy atom. The maximum atomic E-state index is 13.4. The van der Waals surface area contributed by atoms with Crippen LogP contribution >= 0.6 is 23.2 Å². The second kappa shape index (κ2) is 6.63. The smallest absolute Gasteiger partial charge is 0.221 e. The first-order valence-corrected chi connectivity index (χ1v) is 7.78. The van der Waals surface area contributed by atoms with Crippen molar-refractivity contribution >= 4 is 29.1 Å². The molecule has 0 aliphatic carbocycles. The van der Waals surface area contributed by atoms with Crippen LogP contribution in [-0.4, -0.2) is 15.7 Å². The summed E-state index contributed by atoms with van der Waals surface area (Å²) in [5.74, 6) is -0.870. The van der Waals surface area contributed by atoms with Crippen molar-refractivity contribution < 1.29 is 9.18 Å². The fraction of sp³-hybridized carbons (Fsp3) is 0.0588. The molecule has 3 rings (SSSR count). The van der Waals surface area contributed by atoms with E-state index in [1.54, 1.807) is 36.5 Å². The summed E-state index contributed by atoms with van der Waals surface area (Å²) < 4.78 is 14.9. The molecule has 24 heavy (non-hydrogen) atoms. The van der Waals surface area contributed by atoms with E-state index in [-0.39, 0.29) is 12.2 Å². The lowest BCUT2D eigenvalue weighted by molar-refractivity contribution is -0.117. The van der Waals surface area contributed by atoms with Crippen LogP contribution < -0.4 is 5.73 Å². The minimum Gasteiger partial charge on any atom is -0.369 e. The van der Waals surface area contributed by atoms with Crippen molar-refractivity contribution in [1.29, 1.82) is 0 Å². The highest BCUT2D eigenvalue weighted by atomic mass is 35.5. The van der Waals surface area contributed by atoms with Crippen molar-refractivity contribution in [2.45, 2.75) is 6.42 Å². The van der Waals surface area contributed by atoms with Crippen molar-refractivity contribution in [2.24, 2.45) is 5.73 Å². The van der Waals surface area contributed by atoms with Gasteiger partial charge in [-0.15, -0.1) is 0 Å². The summed E-state index contributed by atoms with van der Waals surface area (Å²) >= 11 is 12.0.